The average Bonchev–Trinajstić information content (AvgIpc) is 2.88. The standard InChI is InChI=1S/C30H53N5O4S2/c1-5-6-8-13-23(32)19-27(37)25(33)16-11-10-14-22(31)18-24(36)15-9-7-12-17-35-20-28(38)34-26(29(35)39)21-40-41-30(2,3)4/h25-26,31-32H,5-21,33H2,1-4H3,(H,34,38). The zero-order valence-electron chi connectivity index (χ0n) is 25.6. The summed E-state index contributed by atoms with van der Waals surface area (Å²) >= 11 is 0. The molecule has 1 saturated heterocycles. The summed E-state index contributed by atoms with van der Waals surface area (Å²) in [6.07, 6.45) is 9.15. The first-order chi connectivity index (χ1) is 19.3. The van der Waals surface area contributed by atoms with Gasteiger partial charge in [0, 0.05) is 47.7 Å². The third kappa shape index (κ3) is 17.7. The van der Waals surface area contributed by atoms with Crippen LogP contribution in [-0.4, -0.2) is 75.4 Å². The van der Waals surface area contributed by atoms with Crippen molar-refractivity contribution in [3.8, 4) is 0 Å². The van der Waals surface area contributed by atoms with Crippen molar-refractivity contribution in [3.05, 3.63) is 0 Å². The first-order valence-corrected chi connectivity index (χ1v) is 17.5. The summed E-state index contributed by atoms with van der Waals surface area (Å²) in [6.45, 7) is 9.04. The van der Waals surface area contributed by atoms with E-state index in [0.717, 1.165) is 38.5 Å². The maximum absolute atomic E-state index is 12.8. The lowest BCUT2D eigenvalue weighted by Gasteiger charge is -2.32. The maximum Gasteiger partial charge on any atom is 0.246 e. The highest BCUT2D eigenvalue weighted by molar-refractivity contribution is 8.77. The van der Waals surface area contributed by atoms with Gasteiger partial charge in [0.2, 0.25) is 11.8 Å². The Kier molecular flexibility index (Phi) is 18.4. The molecule has 9 nitrogen and oxygen atoms in total. The molecule has 0 spiro atoms. The van der Waals surface area contributed by atoms with Gasteiger partial charge in [-0.2, -0.15) is 0 Å². The van der Waals surface area contributed by atoms with E-state index in [1.807, 2.05) is 0 Å². The predicted octanol–water partition coefficient (Wildman–Crippen LogP) is 5.48. The molecule has 2 atom stereocenters. The normalized spacial score (nSPS) is 16.4. The van der Waals surface area contributed by atoms with E-state index < -0.39 is 12.1 Å². The molecule has 0 aromatic heterocycles. The SMILES string of the molecule is CCCCCC(=N)CC(=O)C(N)CCCCC(=N)CC(=O)CCCCCN1CC(=O)NC(CSSC(C)(C)C)C1=O. The van der Waals surface area contributed by atoms with Crippen molar-refractivity contribution in [2.45, 2.75) is 134 Å². The van der Waals surface area contributed by atoms with Gasteiger partial charge in [0.25, 0.3) is 0 Å². The number of carbonyl (C=O) groups excluding carboxylic acids is 4. The third-order valence-corrected chi connectivity index (χ3v) is 10.1. The van der Waals surface area contributed by atoms with Crippen LogP contribution in [0.3, 0.4) is 0 Å². The molecule has 0 aromatic carbocycles. The third-order valence-electron chi connectivity index (χ3n) is 6.74. The first-order valence-electron chi connectivity index (χ1n) is 15.1. The lowest BCUT2D eigenvalue weighted by molar-refractivity contribution is -0.143. The molecule has 234 valence electrons. The van der Waals surface area contributed by atoms with Crippen LogP contribution in [0.15, 0.2) is 0 Å². The number of unbranched alkanes of at least 4 members (excludes halogenated alkanes) is 5. The number of nitrogens with two attached hydrogens (primary N) is 1. The molecule has 0 aromatic rings. The molecule has 2 unspecified atom stereocenters. The summed E-state index contributed by atoms with van der Waals surface area (Å²) in [4.78, 5) is 51.0. The number of piperazine rings is 1. The second-order valence-electron chi connectivity index (χ2n) is 12.0. The highest BCUT2D eigenvalue weighted by Gasteiger charge is 2.32. The van der Waals surface area contributed by atoms with Crippen molar-refractivity contribution in [1.82, 2.24) is 10.2 Å². The fourth-order valence-electron chi connectivity index (χ4n) is 4.45. The molecule has 0 bridgehead atoms. The topological polar surface area (TPSA) is 157 Å². The number of nitrogens with zero attached hydrogens (tertiary/aromatic N) is 1. The Morgan fingerprint density at radius 2 is 1.61 bits per heavy atom. The highest BCUT2D eigenvalue weighted by Crippen LogP contribution is 2.35. The van der Waals surface area contributed by atoms with E-state index in [0.29, 0.717) is 62.2 Å². The molecule has 41 heavy (non-hydrogen) atoms. The van der Waals surface area contributed by atoms with E-state index in [2.05, 4.69) is 33.0 Å². The Balaban J connectivity index is 2.17. The van der Waals surface area contributed by atoms with Crippen molar-refractivity contribution in [3.63, 3.8) is 0 Å². The van der Waals surface area contributed by atoms with Gasteiger partial charge in [0.15, 0.2) is 5.78 Å². The van der Waals surface area contributed by atoms with Gasteiger partial charge in [-0.25, -0.2) is 0 Å². The molecule has 1 aliphatic heterocycles. The molecule has 0 aliphatic carbocycles. The summed E-state index contributed by atoms with van der Waals surface area (Å²) in [5.41, 5.74) is 6.87. The molecule has 1 rings (SSSR count). The Labute approximate surface area is 255 Å². The Morgan fingerprint density at radius 3 is 2.27 bits per heavy atom. The number of rotatable bonds is 23. The van der Waals surface area contributed by atoms with Crippen LogP contribution in [0.25, 0.3) is 0 Å². The van der Waals surface area contributed by atoms with Gasteiger partial charge in [-0.05, 0) is 44.9 Å². The van der Waals surface area contributed by atoms with Gasteiger partial charge in [-0.15, -0.1) is 0 Å². The number of carbonyl (C=O) groups is 4. The summed E-state index contributed by atoms with van der Waals surface area (Å²) in [7, 11) is 3.30. The minimum atomic E-state index is -0.566. The number of hydrogen-bond acceptors (Lipinski definition) is 9. The summed E-state index contributed by atoms with van der Waals surface area (Å²) in [6, 6.07) is -1.06. The second-order valence-corrected chi connectivity index (χ2v) is 15.2. The molecule has 11 heteroatoms. The molecule has 0 radical (unpaired) electrons. The van der Waals surface area contributed by atoms with Crippen LogP contribution in [0.5, 0.6) is 0 Å². The van der Waals surface area contributed by atoms with E-state index >= 15 is 0 Å². The predicted molar refractivity (Wildman–Crippen MR) is 172 cm³/mol. The molecule has 2 amide bonds. The van der Waals surface area contributed by atoms with Crippen LogP contribution in [0.2, 0.25) is 0 Å². The Morgan fingerprint density at radius 1 is 0.976 bits per heavy atom. The van der Waals surface area contributed by atoms with E-state index in [4.69, 9.17) is 16.6 Å². The van der Waals surface area contributed by atoms with Crippen LogP contribution in [0, 0.1) is 10.8 Å². The lowest BCUT2D eigenvalue weighted by Crippen LogP contribution is -2.59. The van der Waals surface area contributed by atoms with E-state index in [-0.39, 0.29) is 47.5 Å². The zero-order valence-corrected chi connectivity index (χ0v) is 27.3. The Bertz CT molecular complexity index is 891. The fraction of sp³-hybridized carbons (Fsp3) is 0.800. The van der Waals surface area contributed by atoms with Crippen molar-refractivity contribution < 1.29 is 19.2 Å². The monoisotopic (exact) mass is 611 g/mol. The van der Waals surface area contributed by atoms with Crippen LogP contribution < -0.4 is 11.1 Å². The van der Waals surface area contributed by atoms with Gasteiger partial charge in [0.1, 0.15) is 11.8 Å². The number of hydrogen-bond donors (Lipinski definition) is 4. The average molecular weight is 612 g/mol. The molecule has 0 saturated carbocycles. The van der Waals surface area contributed by atoms with E-state index in [1.54, 1.807) is 26.5 Å². The van der Waals surface area contributed by atoms with Gasteiger partial charge in [-0.1, -0.05) is 75.0 Å². The van der Waals surface area contributed by atoms with Crippen molar-refractivity contribution >= 4 is 56.4 Å². The Hall–Kier alpha value is -1.72. The largest absolute Gasteiger partial charge is 0.342 e. The minimum absolute atomic E-state index is 0.0386. The van der Waals surface area contributed by atoms with Crippen molar-refractivity contribution in [2.24, 2.45) is 5.73 Å². The quantitative estimate of drug-likeness (QED) is 0.0677. The lowest BCUT2D eigenvalue weighted by atomic mass is 9.98. The number of ketones is 2. The van der Waals surface area contributed by atoms with Crippen LogP contribution >= 0.6 is 21.6 Å². The van der Waals surface area contributed by atoms with Crippen LogP contribution in [0.4, 0.5) is 0 Å². The number of amides is 2. The van der Waals surface area contributed by atoms with Gasteiger partial charge in [0.05, 0.1) is 12.6 Å². The number of nitrogens with one attached hydrogen (secondary N) is 3. The summed E-state index contributed by atoms with van der Waals surface area (Å²) in [5, 5.41) is 18.9. The van der Waals surface area contributed by atoms with Gasteiger partial charge < -0.3 is 26.8 Å². The highest BCUT2D eigenvalue weighted by atomic mass is 33.1. The summed E-state index contributed by atoms with van der Waals surface area (Å²) in [5.74, 6) is 0.336. The molecule has 1 fully saturated rings. The van der Waals surface area contributed by atoms with Gasteiger partial charge in [-0.3, -0.25) is 19.2 Å². The van der Waals surface area contributed by atoms with Gasteiger partial charge >= 0.3 is 0 Å². The van der Waals surface area contributed by atoms with Crippen LogP contribution in [0.1, 0.15) is 118 Å². The smallest absolute Gasteiger partial charge is 0.246 e. The molecular formula is C30H53N5O4S2. The fourth-order valence-corrected chi connectivity index (χ4v) is 6.91. The van der Waals surface area contributed by atoms with Crippen molar-refractivity contribution in [1.29, 1.82) is 10.8 Å². The molecule has 5 N–H and O–H groups in total. The summed E-state index contributed by atoms with van der Waals surface area (Å²) < 4.78 is 0.0809. The molecular weight excluding hydrogens is 558 g/mol. The maximum atomic E-state index is 12.8. The van der Waals surface area contributed by atoms with E-state index in [9.17, 15) is 19.2 Å². The van der Waals surface area contributed by atoms with E-state index in [1.165, 1.54) is 0 Å². The molecule has 1 aliphatic rings. The second kappa shape index (κ2) is 20.2. The number of Topliss-reactive ketones (excluding diaryl/α,β-unsaturated/α-hetero) is 2. The first kappa shape index (κ1) is 37.3. The molecule has 1 heterocycles. The van der Waals surface area contributed by atoms with Crippen LogP contribution in [-0.2, 0) is 19.2 Å². The minimum Gasteiger partial charge on any atom is -0.342 e. The van der Waals surface area contributed by atoms with Crippen molar-refractivity contribution in [2.75, 3.05) is 18.8 Å². The zero-order chi connectivity index (χ0) is 30.8.